The van der Waals surface area contributed by atoms with Crippen LogP contribution in [0.1, 0.15) is 10.4 Å². The van der Waals surface area contributed by atoms with Gasteiger partial charge in [-0.3, -0.25) is 14.9 Å². The van der Waals surface area contributed by atoms with E-state index in [0.717, 1.165) is 11.5 Å². The third-order valence-corrected chi connectivity index (χ3v) is 4.95. The molecule has 7 heteroatoms. The molecule has 0 bridgehead atoms. The lowest BCUT2D eigenvalue weighted by Crippen LogP contribution is -2.23. The van der Waals surface area contributed by atoms with Crippen molar-refractivity contribution >= 4 is 40.8 Å². The first-order chi connectivity index (χ1) is 11.1. The second kappa shape index (κ2) is 9.12. The van der Waals surface area contributed by atoms with Crippen molar-refractivity contribution in [3.8, 4) is 0 Å². The second-order valence-corrected chi connectivity index (χ2v) is 6.75. The van der Waals surface area contributed by atoms with Crippen LogP contribution >= 0.6 is 23.1 Å². The normalized spacial score (nSPS) is 10.8. The number of non-ortho nitro benzene ring substituents is 1. The molecule has 0 aliphatic carbocycles. The maximum Gasteiger partial charge on any atom is 0.270 e. The summed E-state index contributed by atoms with van der Waals surface area (Å²) in [7, 11) is 0. The van der Waals surface area contributed by atoms with Crippen molar-refractivity contribution < 1.29 is 9.72 Å². The van der Waals surface area contributed by atoms with E-state index in [1.54, 1.807) is 41.3 Å². The smallest absolute Gasteiger partial charge is 0.270 e. The Kier molecular flexibility index (Phi) is 6.83. The minimum atomic E-state index is -0.456. The summed E-state index contributed by atoms with van der Waals surface area (Å²) in [4.78, 5) is 23.2. The lowest BCUT2D eigenvalue weighted by Gasteiger charge is -2.01. The molecule has 0 spiro atoms. The number of carbonyl (C=O) groups is 1. The average Bonchev–Trinajstić information content (AvgIpc) is 3.06. The van der Waals surface area contributed by atoms with Crippen molar-refractivity contribution in [3.63, 3.8) is 0 Å². The molecule has 120 valence electrons. The molecule has 0 atom stereocenters. The number of nitro benzene ring substituents is 1. The molecule has 0 saturated carbocycles. The largest absolute Gasteiger partial charge is 0.352 e. The lowest BCUT2D eigenvalue weighted by molar-refractivity contribution is -0.384. The Hall–Kier alpha value is -2.12. The van der Waals surface area contributed by atoms with E-state index in [2.05, 4.69) is 16.8 Å². The Bertz CT molecular complexity index is 684. The van der Waals surface area contributed by atoms with E-state index < -0.39 is 4.92 Å². The van der Waals surface area contributed by atoms with Gasteiger partial charge in [-0.1, -0.05) is 18.2 Å². The molecule has 1 aromatic heterocycles. The molecular formula is C16H16N2O3S2. The highest BCUT2D eigenvalue weighted by Crippen LogP contribution is 2.16. The fraction of sp³-hybridized carbons (Fsp3) is 0.188. The van der Waals surface area contributed by atoms with Crippen molar-refractivity contribution in [2.24, 2.45) is 0 Å². The Balaban J connectivity index is 1.69. The maximum atomic E-state index is 11.7. The Morgan fingerprint density at radius 3 is 2.96 bits per heavy atom. The van der Waals surface area contributed by atoms with Gasteiger partial charge in [0, 0.05) is 41.1 Å². The molecule has 0 radical (unpaired) electrons. The molecule has 5 nitrogen and oxygen atoms in total. The highest BCUT2D eigenvalue weighted by Gasteiger charge is 2.04. The van der Waals surface area contributed by atoms with Gasteiger partial charge in [-0.25, -0.2) is 0 Å². The number of amides is 1. The van der Waals surface area contributed by atoms with E-state index in [-0.39, 0.29) is 11.6 Å². The fourth-order valence-electron chi connectivity index (χ4n) is 1.79. The van der Waals surface area contributed by atoms with Crippen LogP contribution in [-0.2, 0) is 10.5 Å². The summed E-state index contributed by atoms with van der Waals surface area (Å²) in [5.41, 5.74) is 0.638. The maximum absolute atomic E-state index is 11.7. The van der Waals surface area contributed by atoms with Crippen molar-refractivity contribution in [1.82, 2.24) is 5.32 Å². The number of nitrogens with zero attached hydrogens (tertiary/aromatic N) is 1. The zero-order valence-electron chi connectivity index (χ0n) is 12.3. The third-order valence-electron chi connectivity index (χ3n) is 2.88. The summed E-state index contributed by atoms with van der Waals surface area (Å²) < 4.78 is 0. The van der Waals surface area contributed by atoms with Crippen LogP contribution in [0.25, 0.3) is 6.08 Å². The fourth-order valence-corrected chi connectivity index (χ4v) is 3.49. The summed E-state index contributed by atoms with van der Waals surface area (Å²) >= 11 is 3.50. The highest BCUT2D eigenvalue weighted by molar-refractivity contribution is 7.98. The first-order valence-electron chi connectivity index (χ1n) is 6.95. The molecule has 0 unspecified atom stereocenters. The molecule has 0 aliphatic rings. The summed E-state index contributed by atoms with van der Waals surface area (Å²) in [6.45, 7) is 0.591. The molecule has 0 saturated heterocycles. The van der Waals surface area contributed by atoms with Gasteiger partial charge in [-0.05, 0) is 23.1 Å². The number of rotatable bonds is 8. The Morgan fingerprint density at radius 2 is 2.22 bits per heavy atom. The summed E-state index contributed by atoms with van der Waals surface area (Å²) in [5.74, 6) is 1.60. The average molecular weight is 348 g/mol. The lowest BCUT2D eigenvalue weighted by atomic mass is 10.2. The van der Waals surface area contributed by atoms with Crippen molar-refractivity contribution in [2.75, 3.05) is 12.3 Å². The highest BCUT2D eigenvalue weighted by atomic mass is 32.2. The number of hydrogen-bond donors (Lipinski definition) is 1. The molecule has 1 heterocycles. The van der Waals surface area contributed by atoms with E-state index in [0.29, 0.717) is 12.1 Å². The van der Waals surface area contributed by atoms with Crippen LogP contribution in [0.15, 0.2) is 47.9 Å². The SMILES string of the molecule is O=C(/C=C/c1cccc([N+](=O)[O-])c1)NCCSCc1cccs1. The van der Waals surface area contributed by atoms with Crippen LogP contribution in [0.4, 0.5) is 5.69 Å². The monoisotopic (exact) mass is 348 g/mol. The van der Waals surface area contributed by atoms with Crippen molar-refractivity contribution in [1.29, 1.82) is 0 Å². The van der Waals surface area contributed by atoms with Crippen molar-refractivity contribution in [3.05, 3.63) is 68.4 Å². The van der Waals surface area contributed by atoms with Gasteiger partial charge < -0.3 is 5.32 Å². The Morgan fingerprint density at radius 1 is 1.35 bits per heavy atom. The minimum absolute atomic E-state index is 0.0116. The van der Waals surface area contributed by atoms with Gasteiger partial charge in [0.2, 0.25) is 5.91 Å². The molecule has 2 aromatic rings. The number of hydrogen-bond acceptors (Lipinski definition) is 5. The third kappa shape index (κ3) is 6.25. The van der Waals surface area contributed by atoms with Gasteiger partial charge in [0.1, 0.15) is 0 Å². The predicted octanol–water partition coefficient (Wildman–Crippen LogP) is 3.72. The van der Waals surface area contributed by atoms with Gasteiger partial charge in [0.15, 0.2) is 0 Å². The first kappa shape index (κ1) is 17.2. The summed E-state index contributed by atoms with van der Waals surface area (Å²) in [5, 5.41) is 15.5. The standard InChI is InChI=1S/C16H16N2O3S2/c19-16(17-8-10-22-12-15-5-2-9-23-15)7-6-13-3-1-4-14(11-13)18(20)21/h1-7,9,11H,8,10,12H2,(H,17,19)/b7-6+. The molecule has 1 aromatic carbocycles. The Labute approximate surface area is 142 Å². The molecule has 0 aliphatic heterocycles. The number of nitrogens with one attached hydrogen (secondary N) is 1. The first-order valence-corrected chi connectivity index (χ1v) is 8.99. The number of thioether (sulfide) groups is 1. The van der Waals surface area contributed by atoms with Crippen LogP contribution in [0.2, 0.25) is 0 Å². The molecule has 1 amide bonds. The van der Waals surface area contributed by atoms with Crippen LogP contribution in [0, 0.1) is 10.1 Å². The van der Waals surface area contributed by atoms with E-state index in [4.69, 9.17) is 0 Å². The number of carbonyl (C=O) groups excluding carboxylic acids is 1. The molecule has 0 fully saturated rings. The van der Waals surface area contributed by atoms with Crippen LogP contribution in [0.5, 0.6) is 0 Å². The quantitative estimate of drug-likeness (QED) is 0.341. The van der Waals surface area contributed by atoms with Crippen molar-refractivity contribution in [2.45, 2.75) is 5.75 Å². The molecular weight excluding hydrogens is 332 g/mol. The van der Waals surface area contributed by atoms with Crippen LogP contribution in [-0.4, -0.2) is 23.1 Å². The van der Waals surface area contributed by atoms with Gasteiger partial charge in [-0.15, -0.1) is 11.3 Å². The number of benzene rings is 1. The van der Waals surface area contributed by atoms with E-state index >= 15 is 0 Å². The number of thiophene rings is 1. The topological polar surface area (TPSA) is 72.2 Å². The van der Waals surface area contributed by atoms with E-state index in [9.17, 15) is 14.9 Å². The van der Waals surface area contributed by atoms with Crippen LogP contribution in [0.3, 0.4) is 0 Å². The van der Waals surface area contributed by atoms with Gasteiger partial charge in [0.05, 0.1) is 4.92 Å². The van der Waals surface area contributed by atoms with E-state index in [1.807, 2.05) is 6.07 Å². The molecule has 2 rings (SSSR count). The molecule has 23 heavy (non-hydrogen) atoms. The molecule has 1 N–H and O–H groups in total. The predicted molar refractivity (Wildman–Crippen MR) is 95.6 cm³/mol. The zero-order valence-corrected chi connectivity index (χ0v) is 13.9. The summed E-state index contributed by atoms with van der Waals surface area (Å²) in [6, 6.07) is 10.3. The zero-order chi connectivity index (χ0) is 16.5. The van der Waals surface area contributed by atoms with Gasteiger partial charge in [-0.2, -0.15) is 11.8 Å². The summed E-state index contributed by atoms with van der Waals surface area (Å²) in [6.07, 6.45) is 2.96. The second-order valence-electron chi connectivity index (χ2n) is 4.61. The van der Waals surface area contributed by atoms with Crippen LogP contribution < -0.4 is 5.32 Å². The minimum Gasteiger partial charge on any atom is -0.352 e. The number of nitro groups is 1. The van der Waals surface area contributed by atoms with E-state index in [1.165, 1.54) is 23.1 Å². The van der Waals surface area contributed by atoms with Gasteiger partial charge >= 0.3 is 0 Å². The van der Waals surface area contributed by atoms with Gasteiger partial charge in [0.25, 0.3) is 5.69 Å².